The second-order valence-corrected chi connectivity index (χ2v) is 3.86. The second-order valence-electron chi connectivity index (χ2n) is 3.86. The van der Waals surface area contributed by atoms with Gasteiger partial charge in [-0.3, -0.25) is 4.98 Å². The van der Waals surface area contributed by atoms with Crippen LogP contribution in [0.3, 0.4) is 0 Å². The lowest BCUT2D eigenvalue weighted by Gasteiger charge is -2.04. The molecule has 1 heterocycles. The maximum atomic E-state index is 9.84. The molecule has 17 heavy (non-hydrogen) atoms. The lowest BCUT2D eigenvalue weighted by molar-refractivity contribution is 0.223. The third-order valence-corrected chi connectivity index (χ3v) is 2.45. The molecule has 0 spiro atoms. The molecule has 86 valence electrons. The van der Waals surface area contributed by atoms with Gasteiger partial charge in [-0.05, 0) is 17.7 Å². The predicted octanol–water partition coefficient (Wildman–Crippen LogP) is 2.70. The largest absolute Gasteiger partial charge is 0.389 e. The average molecular weight is 225 g/mol. The van der Waals surface area contributed by atoms with E-state index in [1.54, 1.807) is 12.3 Å². The molecule has 0 amide bonds. The number of aliphatic hydroxyl groups is 1. The fourth-order valence-electron chi connectivity index (χ4n) is 1.59. The predicted molar refractivity (Wildman–Crippen MR) is 69.4 cm³/mol. The quantitative estimate of drug-likeness (QED) is 0.867. The summed E-state index contributed by atoms with van der Waals surface area (Å²) in [6.45, 7) is 0. The molecule has 1 atom stereocenters. The van der Waals surface area contributed by atoms with Gasteiger partial charge in [0.05, 0.1) is 6.10 Å². The van der Waals surface area contributed by atoms with Crippen molar-refractivity contribution in [2.45, 2.75) is 12.5 Å². The molecule has 1 aromatic carbocycles. The summed E-state index contributed by atoms with van der Waals surface area (Å²) in [5.41, 5.74) is 1.99. The van der Waals surface area contributed by atoms with E-state index in [2.05, 4.69) is 4.98 Å². The Balaban J connectivity index is 1.94. The zero-order chi connectivity index (χ0) is 11.9. The van der Waals surface area contributed by atoms with Gasteiger partial charge in [0.15, 0.2) is 0 Å². The molecule has 0 radical (unpaired) electrons. The van der Waals surface area contributed by atoms with Crippen molar-refractivity contribution in [2.24, 2.45) is 0 Å². The molecule has 0 aliphatic rings. The van der Waals surface area contributed by atoms with E-state index in [1.165, 1.54) is 0 Å². The van der Waals surface area contributed by atoms with Crippen LogP contribution in [-0.4, -0.2) is 16.2 Å². The number of rotatable bonds is 4. The Bertz CT molecular complexity index is 465. The summed E-state index contributed by atoms with van der Waals surface area (Å²) >= 11 is 0. The molecular weight excluding hydrogens is 210 g/mol. The van der Waals surface area contributed by atoms with Gasteiger partial charge < -0.3 is 5.11 Å². The van der Waals surface area contributed by atoms with Crippen molar-refractivity contribution in [3.8, 4) is 0 Å². The van der Waals surface area contributed by atoms with Crippen LogP contribution < -0.4 is 0 Å². The first-order chi connectivity index (χ1) is 8.34. The Labute approximate surface area is 101 Å². The van der Waals surface area contributed by atoms with Crippen molar-refractivity contribution in [2.75, 3.05) is 0 Å². The third-order valence-electron chi connectivity index (χ3n) is 2.45. The van der Waals surface area contributed by atoms with E-state index in [1.807, 2.05) is 54.6 Å². The van der Waals surface area contributed by atoms with Gasteiger partial charge in [0.1, 0.15) is 0 Å². The van der Waals surface area contributed by atoms with Crippen molar-refractivity contribution in [1.29, 1.82) is 0 Å². The summed E-state index contributed by atoms with van der Waals surface area (Å²) in [7, 11) is 0. The van der Waals surface area contributed by atoms with Crippen LogP contribution in [0, 0.1) is 0 Å². The van der Waals surface area contributed by atoms with Crippen molar-refractivity contribution in [3.63, 3.8) is 0 Å². The van der Waals surface area contributed by atoms with Crippen LogP contribution in [0.5, 0.6) is 0 Å². The maximum absolute atomic E-state index is 9.84. The second kappa shape index (κ2) is 5.97. The van der Waals surface area contributed by atoms with Gasteiger partial charge >= 0.3 is 0 Å². The van der Waals surface area contributed by atoms with E-state index in [4.69, 9.17) is 0 Å². The van der Waals surface area contributed by atoms with Crippen LogP contribution in [0.15, 0.2) is 60.8 Å². The molecule has 0 aliphatic carbocycles. The third kappa shape index (κ3) is 3.85. The standard InChI is InChI=1S/C15H15NO/c17-15(12-14-8-4-5-11-16-14)10-9-13-6-2-1-3-7-13/h1-11,15,17H,12H2/b10-9+/t15-/m0/s1. The molecule has 0 saturated carbocycles. The molecule has 1 aromatic heterocycles. The molecule has 2 nitrogen and oxygen atoms in total. The minimum Gasteiger partial charge on any atom is -0.389 e. The van der Waals surface area contributed by atoms with Gasteiger partial charge in [0.25, 0.3) is 0 Å². The highest BCUT2D eigenvalue weighted by Gasteiger charge is 2.01. The van der Waals surface area contributed by atoms with Crippen molar-refractivity contribution in [1.82, 2.24) is 4.98 Å². The highest BCUT2D eigenvalue weighted by molar-refractivity contribution is 5.49. The van der Waals surface area contributed by atoms with Gasteiger partial charge in [-0.2, -0.15) is 0 Å². The van der Waals surface area contributed by atoms with E-state index in [9.17, 15) is 5.11 Å². The summed E-state index contributed by atoms with van der Waals surface area (Å²) in [5, 5.41) is 9.84. The van der Waals surface area contributed by atoms with Crippen molar-refractivity contribution < 1.29 is 5.11 Å². The fraction of sp³-hybridized carbons (Fsp3) is 0.133. The number of aromatic nitrogens is 1. The molecule has 0 fully saturated rings. The lowest BCUT2D eigenvalue weighted by Crippen LogP contribution is -2.07. The molecule has 0 bridgehead atoms. The van der Waals surface area contributed by atoms with E-state index in [-0.39, 0.29) is 0 Å². The maximum Gasteiger partial charge on any atom is 0.0779 e. The van der Waals surface area contributed by atoms with Crippen molar-refractivity contribution in [3.05, 3.63) is 72.1 Å². The highest BCUT2D eigenvalue weighted by Crippen LogP contribution is 2.05. The zero-order valence-electron chi connectivity index (χ0n) is 9.53. The first kappa shape index (κ1) is 11.6. The van der Waals surface area contributed by atoms with Gasteiger partial charge in [-0.15, -0.1) is 0 Å². The molecule has 0 aliphatic heterocycles. The molecule has 2 heteroatoms. The van der Waals surface area contributed by atoms with Gasteiger partial charge in [-0.25, -0.2) is 0 Å². The van der Waals surface area contributed by atoms with Crippen LogP contribution in [0.2, 0.25) is 0 Å². The average Bonchev–Trinajstić information content (AvgIpc) is 2.39. The van der Waals surface area contributed by atoms with Gasteiger partial charge in [-0.1, -0.05) is 48.6 Å². The van der Waals surface area contributed by atoms with E-state index in [0.717, 1.165) is 11.3 Å². The van der Waals surface area contributed by atoms with Crippen molar-refractivity contribution >= 4 is 6.08 Å². The van der Waals surface area contributed by atoms with Crippen LogP contribution in [0.1, 0.15) is 11.3 Å². The topological polar surface area (TPSA) is 33.1 Å². The van der Waals surface area contributed by atoms with E-state index < -0.39 is 6.10 Å². The molecule has 0 unspecified atom stereocenters. The minimum atomic E-state index is -0.495. The summed E-state index contributed by atoms with van der Waals surface area (Å²) in [6, 6.07) is 15.6. The Kier molecular flexibility index (Phi) is 4.05. The summed E-state index contributed by atoms with van der Waals surface area (Å²) in [5.74, 6) is 0. The molecule has 1 N–H and O–H groups in total. The Morgan fingerprint density at radius 3 is 2.53 bits per heavy atom. The monoisotopic (exact) mass is 225 g/mol. The first-order valence-corrected chi connectivity index (χ1v) is 5.66. The number of pyridine rings is 1. The summed E-state index contributed by atoms with van der Waals surface area (Å²) in [4.78, 5) is 4.18. The van der Waals surface area contributed by atoms with Crippen LogP contribution in [0.4, 0.5) is 0 Å². The van der Waals surface area contributed by atoms with Crippen LogP contribution in [0.25, 0.3) is 6.08 Å². The zero-order valence-corrected chi connectivity index (χ0v) is 9.53. The lowest BCUT2D eigenvalue weighted by atomic mass is 10.1. The molecule has 2 rings (SSSR count). The summed E-state index contributed by atoms with van der Waals surface area (Å²) < 4.78 is 0. The summed E-state index contributed by atoms with van der Waals surface area (Å²) in [6.07, 6.45) is 5.51. The van der Waals surface area contributed by atoms with E-state index >= 15 is 0 Å². The van der Waals surface area contributed by atoms with Crippen LogP contribution >= 0.6 is 0 Å². The fourth-order valence-corrected chi connectivity index (χ4v) is 1.59. The normalized spacial score (nSPS) is 12.8. The van der Waals surface area contributed by atoms with Crippen LogP contribution in [-0.2, 0) is 6.42 Å². The number of hydrogen-bond donors (Lipinski definition) is 1. The number of hydrogen-bond acceptors (Lipinski definition) is 2. The number of nitrogens with zero attached hydrogens (tertiary/aromatic N) is 1. The van der Waals surface area contributed by atoms with E-state index in [0.29, 0.717) is 6.42 Å². The number of benzene rings is 1. The SMILES string of the molecule is O[C@@H](/C=C/c1ccccc1)Cc1ccccn1. The van der Waals surface area contributed by atoms with Gasteiger partial charge in [0.2, 0.25) is 0 Å². The Morgan fingerprint density at radius 2 is 1.82 bits per heavy atom. The number of aliphatic hydroxyl groups excluding tert-OH is 1. The molecule has 2 aromatic rings. The molecular formula is C15H15NO. The Hall–Kier alpha value is -1.93. The highest BCUT2D eigenvalue weighted by atomic mass is 16.3. The Morgan fingerprint density at radius 1 is 1.06 bits per heavy atom. The first-order valence-electron chi connectivity index (χ1n) is 5.66. The minimum absolute atomic E-state index is 0.495. The smallest absolute Gasteiger partial charge is 0.0779 e. The molecule has 0 saturated heterocycles. The van der Waals surface area contributed by atoms with Gasteiger partial charge in [0, 0.05) is 18.3 Å².